The van der Waals surface area contributed by atoms with Gasteiger partial charge in [0.25, 0.3) is 5.91 Å². The van der Waals surface area contributed by atoms with Gasteiger partial charge in [-0.2, -0.15) is 0 Å². The molecule has 0 bridgehead atoms. The fraction of sp³-hybridized carbons (Fsp3) is 0.150. The van der Waals surface area contributed by atoms with E-state index in [2.05, 4.69) is 20.6 Å². The largest absolute Gasteiger partial charge is 0.365 e. The number of aromatic nitrogens is 2. The molecule has 3 rings (SSSR count). The number of amides is 1. The molecule has 0 aliphatic carbocycles. The van der Waals surface area contributed by atoms with Crippen molar-refractivity contribution in [1.82, 2.24) is 9.97 Å². The maximum Gasteiger partial charge on any atom is 0.275 e. The van der Waals surface area contributed by atoms with Crippen LogP contribution in [-0.2, 0) is 6.54 Å². The highest BCUT2D eigenvalue weighted by Crippen LogP contribution is 2.20. The van der Waals surface area contributed by atoms with Gasteiger partial charge in [0.15, 0.2) is 0 Å². The van der Waals surface area contributed by atoms with Crippen molar-refractivity contribution in [3.63, 3.8) is 0 Å². The van der Waals surface area contributed by atoms with Crippen LogP contribution in [0, 0.1) is 19.7 Å². The van der Waals surface area contributed by atoms with Crippen LogP contribution in [0.4, 0.5) is 15.9 Å². The number of benzene rings is 2. The Labute approximate surface area is 151 Å². The first-order chi connectivity index (χ1) is 12.5. The van der Waals surface area contributed by atoms with Gasteiger partial charge in [-0.15, -0.1) is 0 Å². The first-order valence-electron chi connectivity index (χ1n) is 8.21. The molecule has 0 aliphatic heterocycles. The summed E-state index contributed by atoms with van der Waals surface area (Å²) in [4.78, 5) is 20.7. The molecule has 3 aromatic rings. The number of nitrogens with zero attached hydrogens (tertiary/aromatic N) is 2. The first kappa shape index (κ1) is 17.5. The summed E-state index contributed by atoms with van der Waals surface area (Å²) in [5.74, 6) is -0.0364. The van der Waals surface area contributed by atoms with E-state index < -0.39 is 0 Å². The Hall–Kier alpha value is -3.28. The van der Waals surface area contributed by atoms with Crippen molar-refractivity contribution in [2.75, 3.05) is 10.6 Å². The van der Waals surface area contributed by atoms with E-state index in [1.54, 1.807) is 12.1 Å². The molecule has 0 radical (unpaired) electrons. The summed E-state index contributed by atoms with van der Waals surface area (Å²) in [6.45, 7) is 4.37. The van der Waals surface area contributed by atoms with Crippen LogP contribution in [0.3, 0.4) is 0 Å². The number of halogens is 1. The highest BCUT2D eigenvalue weighted by molar-refractivity contribution is 6.03. The van der Waals surface area contributed by atoms with Crippen LogP contribution in [0.1, 0.15) is 27.2 Å². The van der Waals surface area contributed by atoms with Crippen molar-refractivity contribution in [3.05, 3.63) is 83.1 Å². The van der Waals surface area contributed by atoms with Gasteiger partial charge < -0.3 is 10.6 Å². The topological polar surface area (TPSA) is 66.9 Å². The molecule has 1 heterocycles. The second kappa shape index (κ2) is 7.74. The average Bonchev–Trinajstić information content (AvgIpc) is 2.65. The Morgan fingerprint density at radius 3 is 2.31 bits per heavy atom. The summed E-state index contributed by atoms with van der Waals surface area (Å²) in [6.07, 6.45) is 2.93. The zero-order valence-corrected chi connectivity index (χ0v) is 14.6. The van der Waals surface area contributed by atoms with Gasteiger partial charge in [0, 0.05) is 12.2 Å². The standard InChI is InChI=1S/C20H19FN4O/c1-13-4-3-5-14(2)19(13)25-20(26)17-11-24-18(12-22-17)23-10-15-6-8-16(21)9-7-15/h3-9,11-12H,10H2,1-2H3,(H,23,24)(H,25,26). The predicted octanol–water partition coefficient (Wildman–Crippen LogP) is 4.10. The van der Waals surface area contributed by atoms with Crippen LogP contribution < -0.4 is 10.6 Å². The fourth-order valence-electron chi connectivity index (χ4n) is 2.52. The molecule has 1 aromatic heterocycles. The number of para-hydroxylation sites is 1. The van der Waals surface area contributed by atoms with Gasteiger partial charge in [-0.3, -0.25) is 4.79 Å². The number of nitrogens with one attached hydrogen (secondary N) is 2. The first-order valence-corrected chi connectivity index (χ1v) is 8.21. The van der Waals surface area contributed by atoms with Crippen molar-refractivity contribution in [2.24, 2.45) is 0 Å². The van der Waals surface area contributed by atoms with Gasteiger partial charge in [0.05, 0.1) is 12.4 Å². The maximum absolute atomic E-state index is 12.9. The fourth-order valence-corrected chi connectivity index (χ4v) is 2.52. The molecule has 0 atom stereocenters. The second-order valence-corrected chi connectivity index (χ2v) is 5.99. The zero-order valence-electron chi connectivity index (χ0n) is 14.6. The highest BCUT2D eigenvalue weighted by Gasteiger charge is 2.11. The lowest BCUT2D eigenvalue weighted by atomic mass is 10.1. The second-order valence-electron chi connectivity index (χ2n) is 5.99. The molecule has 0 aliphatic rings. The molecule has 0 fully saturated rings. The third kappa shape index (κ3) is 4.22. The SMILES string of the molecule is Cc1cccc(C)c1NC(=O)c1cnc(NCc2ccc(F)cc2)cn1. The van der Waals surface area contributed by atoms with Crippen molar-refractivity contribution < 1.29 is 9.18 Å². The monoisotopic (exact) mass is 350 g/mol. The summed E-state index contributed by atoms with van der Waals surface area (Å²) in [5.41, 5.74) is 3.93. The summed E-state index contributed by atoms with van der Waals surface area (Å²) < 4.78 is 12.9. The number of hydrogen-bond acceptors (Lipinski definition) is 4. The van der Waals surface area contributed by atoms with E-state index in [1.165, 1.54) is 24.5 Å². The quantitative estimate of drug-likeness (QED) is 0.727. The smallest absolute Gasteiger partial charge is 0.275 e. The third-order valence-electron chi connectivity index (χ3n) is 3.99. The van der Waals surface area contributed by atoms with E-state index >= 15 is 0 Å². The van der Waals surface area contributed by atoms with Gasteiger partial charge in [0.1, 0.15) is 17.3 Å². The third-order valence-corrected chi connectivity index (χ3v) is 3.99. The number of hydrogen-bond donors (Lipinski definition) is 2. The molecule has 2 N–H and O–H groups in total. The Kier molecular flexibility index (Phi) is 5.22. The number of rotatable bonds is 5. The summed E-state index contributed by atoms with van der Waals surface area (Å²) in [5, 5.41) is 5.97. The molecule has 26 heavy (non-hydrogen) atoms. The molecule has 0 unspecified atom stereocenters. The minimum absolute atomic E-state index is 0.236. The normalized spacial score (nSPS) is 10.4. The van der Waals surface area contributed by atoms with Crippen LogP contribution in [0.15, 0.2) is 54.9 Å². The molecular formula is C20H19FN4O. The van der Waals surface area contributed by atoms with Crippen LogP contribution in [0.25, 0.3) is 0 Å². The van der Waals surface area contributed by atoms with Crippen LogP contribution >= 0.6 is 0 Å². The molecule has 6 heteroatoms. The van der Waals surface area contributed by atoms with E-state index in [9.17, 15) is 9.18 Å². The van der Waals surface area contributed by atoms with E-state index in [0.717, 1.165) is 22.4 Å². The molecule has 132 valence electrons. The molecule has 0 saturated carbocycles. The number of aryl methyl sites for hydroxylation is 2. The Balaban J connectivity index is 1.63. The van der Waals surface area contributed by atoms with Crippen molar-refractivity contribution >= 4 is 17.4 Å². The van der Waals surface area contributed by atoms with E-state index in [-0.39, 0.29) is 17.4 Å². The Morgan fingerprint density at radius 2 is 1.69 bits per heavy atom. The van der Waals surface area contributed by atoms with Gasteiger partial charge >= 0.3 is 0 Å². The number of carbonyl (C=O) groups excluding carboxylic acids is 1. The maximum atomic E-state index is 12.9. The number of carbonyl (C=O) groups is 1. The molecule has 1 amide bonds. The zero-order chi connectivity index (χ0) is 18.5. The van der Waals surface area contributed by atoms with Gasteiger partial charge in [0.2, 0.25) is 0 Å². The minimum atomic E-state index is -0.306. The van der Waals surface area contributed by atoms with E-state index in [1.807, 2.05) is 32.0 Å². The highest BCUT2D eigenvalue weighted by atomic mass is 19.1. The molecular weight excluding hydrogens is 331 g/mol. The average molecular weight is 350 g/mol. The van der Waals surface area contributed by atoms with Gasteiger partial charge in [-0.1, -0.05) is 30.3 Å². The summed E-state index contributed by atoms with van der Waals surface area (Å²) in [7, 11) is 0. The Morgan fingerprint density at radius 1 is 1.00 bits per heavy atom. The van der Waals surface area contributed by atoms with Gasteiger partial charge in [-0.25, -0.2) is 14.4 Å². The van der Waals surface area contributed by atoms with Crippen molar-refractivity contribution in [2.45, 2.75) is 20.4 Å². The minimum Gasteiger partial charge on any atom is -0.365 e. The van der Waals surface area contributed by atoms with E-state index in [4.69, 9.17) is 0 Å². The molecule has 5 nitrogen and oxygen atoms in total. The molecule has 2 aromatic carbocycles. The van der Waals surface area contributed by atoms with Crippen molar-refractivity contribution in [3.8, 4) is 0 Å². The number of anilines is 2. The summed E-state index contributed by atoms with van der Waals surface area (Å²) in [6, 6.07) is 12.0. The lowest BCUT2D eigenvalue weighted by molar-refractivity contribution is 0.102. The lowest BCUT2D eigenvalue weighted by Gasteiger charge is -2.11. The van der Waals surface area contributed by atoms with Gasteiger partial charge in [-0.05, 0) is 42.7 Å². The lowest BCUT2D eigenvalue weighted by Crippen LogP contribution is -2.16. The summed E-state index contributed by atoms with van der Waals surface area (Å²) >= 11 is 0. The molecule has 0 saturated heterocycles. The molecule has 0 spiro atoms. The van der Waals surface area contributed by atoms with Crippen LogP contribution in [-0.4, -0.2) is 15.9 Å². The Bertz CT molecular complexity index is 888. The predicted molar refractivity (Wildman–Crippen MR) is 99.6 cm³/mol. The van der Waals surface area contributed by atoms with E-state index in [0.29, 0.717) is 12.4 Å². The van der Waals surface area contributed by atoms with Crippen molar-refractivity contribution in [1.29, 1.82) is 0 Å². The van der Waals surface area contributed by atoms with Crippen LogP contribution in [0.2, 0.25) is 0 Å². The van der Waals surface area contributed by atoms with Crippen LogP contribution in [0.5, 0.6) is 0 Å².